The zero-order valence-electron chi connectivity index (χ0n) is 15.3. The second-order valence-electron chi connectivity index (χ2n) is 7.46. The number of hydrogen-bond acceptors (Lipinski definition) is 3. The van der Waals surface area contributed by atoms with Crippen molar-refractivity contribution in [3.05, 3.63) is 0 Å². The second-order valence-corrected chi connectivity index (χ2v) is 12.2. The number of rotatable bonds is 10. The van der Waals surface area contributed by atoms with E-state index in [-0.39, 0.29) is 17.1 Å². The first kappa shape index (κ1) is 20.6. The van der Waals surface area contributed by atoms with E-state index < -0.39 is 8.32 Å². The van der Waals surface area contributed by atoms with Gasteiger partial charge < -0.3 is 9.16 Å². The van der Waals surface area contributed by atoms with Crippen molar-refractivity contribution in [3.8, 4) is 0 Å². The van der Waals surface area contributed by atoms with Gasteiger partial charge in [-0.3, -0.25) is 4.79 Å². The van der Waals surface area contributed by atoms with Gasteiger partial charge in [-0.05, 0) is 31.0 Å². The van der Waals surface area contributed by atoms with Crippen molar-refractivity contribution in [3.63, 3.8) is 0 Å². The van der Waals surface area contributed by atoms with Crippen molar-refractivity contribution < 1.29 is 14.0 Å². The fourth-order valence-corrected chi connectivity index (χ4v) is 3.46. The summed E-state index contributed by atoms with van der Waals surface area (Å²) in [7, 11) is -0.319. The molecule has 0 spiro atoms. The van der Waals surface area contributed by atoms with Crippen LogP contribution in [0.3, 0.4) is 0 Å². The summed E-state index contributed by atoms with van der Waals surface area (Å²) in [5, 5.41) is 0.208. The predicted octanol–water partition coefficient (Wildman–Crippen LogP) is 5.30. The van der Waals surface area contributed by atoms with Gasteiger partial charge in [-0.2, -0.15) is 0 Å². The molecule has 0 radical (unpaired) electrons. The van der Waals surface area contributed by atoms with Gasteiger partial charge in [-0.1, -0.05) is 53.4 Å². The Morgan fingerprint density at radius 2 is 1.71 bits per heavy atom. The molecule has 0 saturated heterocycles. The van der Waals surface area contributed by atoms with Crippen molar-refractivity contribution >= 4 is 14.3 Å². The molecular weight excluding hydrogens is 280 g/mol. The van der Waals surface area contributed by atoms with Crippen LogP contribution in [0.1, 0.15) is 72.6 Å². The zero-order chi connectivity index (χ0) is 16.5. The summed E-state index contributed by atoms with van der Waals surface area (Å²) in [4.78, 5) is 11.4. The first-order chi connectivity index (χ1) is 9.64. The van der Waals surface area contributed by atoms with Crippen LogP contribution in [-0.4, -0.2) is 27.5 Å². The van der Waals surface area contributed by atoms with Gasteiger partial charge in [0.15, 0.2) is 8.32 Å². The monoisotopic (exact) mass is 316 g/mol. The Labute approximate surface area is 132 Å². The van der Waals surface area contributed by atoms with Crippen LogP contribution in [0.2, 0.25) is 18.1 Å². The van der Waals surface area contributed by atoms with E-state index in [1.165, 1.54) is 32.8 Å². The summed E-state index contributed by atoms with van der Waals surface area (Å²) < 4.78 is 11.3. The normalized spacial score (nSPS) is 14.0. The Bertz CT molecular complexity index is 295. The van der Waals surface area contributed by atoms with Gasteiger partial charge in [-0.15, -0.1) is 0 Å². The summed E-state index contributed by atoms with van der Waals surface area (Å²) >= 11 is 0. The average Bonchev–Trinajstić information content (AvgIpc) is 2.38. The average molecular weight is 317 g/mol. The molecule has 0 heterocycles. The minimum absolute atomic E-state index is 0.132. The highest BCUT2D eigenvalue weighted by Gasteiger charge is 2.39. The molecule has 0 aromatic heterocycles. The van der Waals surface area contributed by atoms with Gasteiger partial charge in [0, 0.05) is 12.5 Å². The van der Waals surface area contributed by atoms with Gasteiger partial charge in [0.1, 0.15) is 0 Å². The Kier molecular flexibility index (Phi) is 9.46. The summed E-state index contributed by atoms with van der Waals surface area (Å²) in [6, 6.07) is 0. The molecule has 3 nitrogen and oxygen atoms in total. The molecule has 21 heavy (non-hydrogen) atoms. The van der Waals surface area contributed by atoms with E-state index >= 15 is 0 Å². The zero-order valence-corrected chi connectivity index (χ0v) is 16.3. The lowest BCUT2D eigenvalue weighted by Crippen LogP contribution is -2.44. The van der Waals surface area contributed by atoms with E-state index in [0.29, 0.717) is 6.42 Å². The topological polar surface area (TPSA) is 35.5 Å². The molecule has 0 aromatic carbocycles. The molecule has 1 unspecified atom stereocenters. The highest BCUT2D eigenvalue weighted by Crippen LogP contribution is 2.38. The standard InChI is InChI=1S/C17H36O3Si/c1-8-9-10-11-12-15(13-14-16(18)19-5)20-21(6,7)17(2,3)4/h15H,8-14H2,1-7H3. The predicted molar refractivity (Wildman–Crippen MR) is 92.1 cm³/mol. The SMILES string of the molecule is CCCCCCC(CCC(=O)OC)O[Si](C)(C)C(C)(C)C. The molecule has 1 atom stereocenters. The van der Waals surface area contributed by atoms with Gasteiger partial charge >= 0.3 is 5.97 Å². The highest BCUT2D eigenvalue weighted by atomic mass is 28.4. The van der Waals surface area contributed by atoms with Crippen LogP contribution in [0.5, 0.6) is 0 Å². The maximum absolute atomic E-state index is 11.4. The van der Waals surface area contributed by atoms with Crippen molar-refractivity contribution in [1.82, 2.24) is 0 Å². The third-order valence-electron chi connectivity index (χ3n) is 4.55. The number of ether oxygens (including phenoxy) is 1. The molecule has 0 bridgehead atoms. The lowest BCUT2D eigenvalue weighted by Gasteiger charge is -2.39. The molecule has 126 valence electrons. The smallest absolute Gasteiger partial charge is 0.305 e. The first-order valence-electron chi connectivity index (χ1n) is 8.38. The van der Waals surface area contributed by atoms with E-state index in [1.807, 2.05) is 0 Å². The van der Waals surface area contributed by atoms with Crippen molar-refractivity contribution in [2.45, 2.75) is 96.9 Å². The number of carbonyl (C=O) groups is 1. The van der Waals surface area contributed by atoms with Crippen LogP contribution in [0, 0.1) is 0 Å². The molecule has 0 amide bonds. The lowest BCUT2D eigenvalue weighted by molar-refractivity contribution is -0.141. The van der Waals surface area contributed by atoms with Crippen LogP contribution in [0.15, 0.2) is 0 Å². The molecule has 0 rings (SSSR count). The molecule has 0 saturated carbocycles. The summed E-state index contributed by atoms with van der Waals surface area (Å²) in [6.45, 7) is 13.6. The maximum Gasteiger partial charge on any atom is 0.305 e. The molecule has 0 aliphatic heterocycles. The molecule has 0 aromatic rings. The molecule has 0 N–H and O–H groups in total. The van der Waals surface area contributed by atoms with Crippen LogP contribution in [0.4, 0.5) is 0 Å². The Hall–Kier alpha value is -0.353. The van der Waals surface area contributed by atoms with Crippen molar-refractivity contribution in [1.29, 1.82) is 0 Å². The summed E-state index contributed by atoms with van der Waals surface area (Å²) in [5.41, 5.74) is 0. The van der Waals surface area contributed by atoms with Gasteiger partial charge in [0.05, 0.1) is 7.11 Å². The number of hydrogen-bond donors (Lipinski definition) is 0. The number of methoxy groups -OCH3 is 1. The molecule has 0 aliphatic carbocycles. The number of carbonyl (C=O) groups excluding carboxylic acids is 1. The third kappa shape index (κ3) is 8.62. The summed E-state index contributed by atoms with van der Waals surface area (Å²) in [6.07, 6.45) is 7.47. The number of unbranched alkanes of at least 4 members (excludes halogenated alkanes) is 3. The van der Waals surface area contributed by atoms with E-state index in [2.05, 4.69) is 40.8 Å². The Morgan fingerprint density at radius 1 is 1.10 bits per heavy atom. The molecular formula is C17H36O3Si. The van der Waals surface area contributed by atoms with Crippen molar-refractivity contribution in [2.75, 3.05) is 7.11 Å². The minimum Gasteiger partial charge on any atom is -0.469 e. The highest BCUT2D eigenvalue weighted by molar-refractivity contribution is 6.74. The van der Waals surface area contributed by atoms with E-state index in [1.54, 1.807) is 0 Å². The van der Waals surface area contributed by atoms with Gasteiger partial charge in [0.25, 0.3) is 0 Å². The van der Waals surface area contributed by atoms with E-state index in [9.17, 15) is 4.79 Å². The van der Waals surface area contributed by atoms with E-state index in [0.717, 1.165) is 12.8 Å². The fraction of sp³-hybridized carbons (Fsp3) is 0.941. The largest absolute Gasteiger partial charge is 0.469 e. The van der Waals surface area contributed by atoms with Crippen LogP contribution in [-0.2, 0) is 14.0 Å². The maximum atomic E-state index is 11.4. The second kappa shape index (κ2) is 9.62. The summed E-state index contributed by atoms with van der Waals surface area (Å²) in [5.74, 6) is -0.132. The van der Waals surface area contributed by atoms with Gasteiger partial charge in [-0.25, -0.2) is 0 Å². The Balaban J connectivity index is 4.52. The lowest BCUT2D eigenvalue weighted by atomic mass is 10.1. The van der Waals surface area contributed by atoms with E-state index in [4.69, 9.17) is 9.16 Å². The van der Waals surface area contributed by atoms with Crippen LogP contribution < -0.4 is 0 Å². The third-order valence-corrected chi connectivity index (χ3v) is 9.08. The fourth-order valence-electron chi connectivity index (χ4n) is 2.04. The molecule has 0 aliphatic rings. The number of esters is 1. The van der Waals surface area contributed by atoms with Crippen LogP contribution in [0.25, 0.3) is 0 Å². The minimum atomic E-state index is -1.77. The molecule has 4 heteroatoms. The van der Waals surface area contributed by atoms with Crippen molar-refractivity contribution in [2.24, 2.45) is 0 Å². The van der Waals surface area contributed by atoms with Gasteiger partial charge in [0.2, 0.25) is 0 Å². The quantitative estimate of drug-likeness (QED) is 0.312. The Morgan fingerprint density at radius 3 is 2.19 bits per heavy atom. The first-order valence-corrected chi connectivity index (χ1v) is 11.3. The molecule has 0 fully saturated rings. The van der Waals surface area contributed by atoms with Crippen LogP contribution >= 0.6 is 0 Å².